The first-order valence-electron chi connectivity index (χ1n) is 5.34. The van der Waals surface area contributed by atoms with Crippen LogP contribution in [0.2, 0.25) is 0 Å². The van der Waals surface area contributed by atoms with Gasteiger partial charge in [0.1, 0.15) is 0 Å². The molecule has 0 atom stereocenters. The van der Waals surface area contributed by atoms with Gasteiger partial charge in [-0.25, -0.2) is 0 Å². The van der Waals surface area contributed by atoms with Gasteiger partial charge in [0, 0.05) is 26.7 Å². The van der Waals surface area contributed by atoms with Gasteiger partial charge in [-0.1, -0.05) is 6.42 Å². The number of rotatable bonds is 6. The van der Waals surface area contributed by atoms with Crippen LogP contribution >= 0.6 is 0 Å². The minimum atomic E-state index is -0.625. The maximum absolute atomic E-state index is 10.9. The Kier molecular flexibility index (Phi) is 7.58. The number of ether oxygens (including phenoxy) is 2. The number of esters is 4. The SMILES string of the molecule is CC(=O)OC(=O)CCCCCC(=O)OC(C)=O. The van der Waals surface area contributed by atoms with Gasteiger partial charge in [-0.15, -0.1) is 0 Å². The van der Waals surface area contributed by atoms with Crippen molar-refractivity contribution >= 4 is 23.9 Å². The van der Waals surface area contributed by atoms with Crippen molar-refractivity contribution in [2.75, 3.05) is 0 Å². The first kappa shape index (κ1) is 15.3. The van der Waals surface area contributed by atoms with Crippen LogP contribution in [0, 0.1) is 0 Å². The summed E-state index contributed by atoms with van der Waals surface area (Å²) in [4.78, 5) is 42.6. The van der Waals surface area contributed by atoms with Crippen LogP contribution in [0.3, 0.4) is 0 Å². The summed E-state index contributed by atoms with van der Waals surface area (Å²) >= 11 is 0. The Hall–Kier alpha value is -1.72. The highest BCUT2D eigenvalue weighted by molar-refractivity contribution is 5.84. The predicted molar refractivity (Wildman–Crippen MR) is 56.6 cm³/mol. The normalized spacial score (nSPS) is 9.53. The Labute approximate surface area is 99.3 Å². The van der Waals surface area contributed by atoms with Gasteiger partial charge < -0.3 is 9.47 Å². The molecule has 6 heteroatoms. The molecule has 0 aliphatic carbocycles. The monoisotopic (exact) mass is 244 g/mol. The summed E-state index contributed by atoms with van der Waals surface area (Å²) in [7, 11) is 0. The summed E-state index contributed by atoms with van der Waals surface area (Å²) in [6, 6.07) is 0. The van der Waals surface area contributed by atoms with Gasteiger partial charge in [-0.2, -0.15) is 0 Å². The Bertz CT molecular complexity index is 277. The molecule has 0 saturated carbocycles. The topological polar surface area (TPSA) is 86.7 Å². The first-order chi connectivity index (χ1) is 7.91. The molecule has 0 fully saturated rings. The first-order valence-corrected chi connectivity index (χ1v) is 5.34. The van der Waals surface area contributed by atoms with Crippen molar-refractivity contribution in [3.63, 3.8) is 0 Å². The molecule has 0 amide bonds. The molecule has 0 aromatic carbocycles. The third-order valence-electron chi connectivity index (χ3n) is 1.78. The van der Waals surface area contributed by atoms with Crippen molar-refractivity contribution in [3.05, 3.63) is 0 Å². The highest BCUT2D eigenvalue weighted by Crippen LogP contribution is 2.05. The van der Waals surface area contributed by atoms with E-state index >= 15 is 0 Å². The fraction of sp³-hybridized carbons (Fsp3) is 0.636. The fourth-order valence-electron chi connectivity index (χ4n) is 1.14. The minimum Gasteiger partial charge on any atom is -0.393 e. The highest BCUT2D eigenvalue weighted by atomic mass is 16.6. The van der Waals surface area contributed by atoms with E-state index in [-0.39, 0.29) is 12.8 Å². The summed E-state index contributed by atoms with van der Waals surface area (Å²) in [5.74, 6) is -2.38. The summed E-state index contributed by atoms with van der Waals surface area (Å²) in [6.45, 7) is 2.32. The molecule has 0 aliphatic heterocycles. The van der Waals surface area contributed by atoms with Gasteiger partial charge >= 0.3 is 23.9 Å². The molecular weight excluding hydrogens is 228 g/mol. The fourth-order valence-corrected chi connectivity index (χ4v) is 1.14. The summed E-state index contributed by atoms with van der Waals surface area (Å²) in [6.07, 6.45) is 1.96. The van der Waals surface area contributed by atoms with Crippen LogP contribution in [0.15, 0.2) is 0 Å². The standard InChI is InChI=1S/C11H16O6/c1-8(12)16-10(14)6-4-3-5-7-11(15)17-9(2)13/h3-7H2,1-2H3. The number of carbonyl (C=O) groups is 4. The quantitative estimate of drug-likeness (QED) is 0.395. The Morgan fingerprint density at radius 2 is 1.06 bits per heavy atom. The molecule has 0 aliphatic rings. The zero-order chi connectivity index (χ0) is 13.3. The van der Waals surface area contributed by atoms with Crippen molar-refractivity contribution < 1.29 is 28.7 Å². The molecule has 96 valence electrons. The summed E-state index contributed by atoms with van der Waals surface area (Å²) in [5, 5.41) is 0. The predicted octanol–water partition coefficient (Wildman–Crippen LogP) is 1.12. The van der Waals surface area contributed by atoms with Crippen LogP contribution in [-0.2, 0) is 28.7 Å². The van der Waals surface area contributed by atoms with E-state index in [4.69, 9.17) is 0 Å². The molecule has 0 heterocycles. The molecule has 0 aromatic heterocycles. The van der Waals surface area contributed by atoms with Crippen LogP contribution in [0.4, 0.5) is 0 Å². The second-order valence-electron chi connectivity index (χ2n) is 3.49. The molecule has 17 heavy (non-hydrogen) atoms. The average Bonchev–Trinajstić information content (AvgIpc) is 2.14. The van der Waals surface area contributed by atoms with Crippen LogP contribution in [0.25, 0.3) is 0 Å². The second kappa shape index (κ2) is 8.43. The maximum Gasteiger partial charge on any atom is 0.313 e. The minimum absolute atomic E-state index is 0.140. The van der Waals surface area contributed by atoms with Crippen LogP contribution in [0.5, 0.6) is 0 Å². The molecule has 0 N–H and O–H groups in total. The van der Waals surface area contributed by atoms with Gasteiger partial charge in [0.25, 0.3) is 0 Å². The molecule has 0 aromatic rings. The van der Waals surface area contributed by atoms with Crippen molar-refractivity contribution in [3.8, 4) is 0 Å². The third-order valence-corrected chi connectivity index (χ3v) is 1.78. The van der Waals surface area contributed by atoms with E-state index in [1.165, 1.54) is 0 Å². The van der Waals surface area contributed by atoms with Gasteiger partial charge in [-0.3, -0.25) is 19.2 Å². The van der Waals surface area contributed by atoms with E-state index < -0.39 is 23.9 Å². The van der Waals surface area contributed by atoms with E-state index in [0.717, 1.165) is 13.8 Å². The molecule has 0 saturated heterocycles. The Morgan fingerprint density at radius 3 is 1.35 bits per heavy atom. The average molecular weight is 244 g/mol. The molecule has 0 rings (SSSR count). The Morgan fingerprint density at radius 1 is 0.706 bits per heavy atom. The van der Waals surface area contributed by atoms with Crippen molar-refractivity contribution in [2.45, 2.75) is 46.0 Å². The molecule has 0 bridgehead atoms. The van der Waals surface area contributed by atoms with E-state index in [9.17, 15) is 19.2 Å². The van der Waals surface area contributed by atoms with E-state index in [1.54, 1.807) is 0 Å². The van der Waals surface area contributed by atoms with Crippen LogP contribution in [0.1, 0.15) is 46.0 Å². The van der Waals surface area contributed by atoms with Gasteiger partial charge in [-0.05, 0) is 12.8 Å². The molecule has 0 unspecified atom stereocenters. The number of hydrogen-bond donors (Lipinski definition) is 0. The Balaban J connectivity index is 3.46. The third kappa shape index (κ3) is 10.6. The number of unbranched alkanes of at least 4 members (excludes halogenated alkanes) is 2. The lowest BCUT2D eigenvalue weighted by Crippen LogP contribution is -2.09. The molecule has 6 nitrogen and oxygen atoms in total. The molecule has 0 spiro atoms. The van der Waals surface area contributed by atoms with E-state index in [2.05, 4.69) is 9.47 Å². The zero-order valence-electron chi connectivity index (χ0n) is 9.99. The van der Waals surface area contributed by atoms with E-state index in [0.29, 0.717) is 19.3 Å². The smallest absolute Gasteiger partial charge is 0.313 e. The lowest BCUT2D eigenvalue weighted by molar-refractivity contribution is -0.159. The van der Waals surface area contributed by atoms with Crippen LogP contribution in [-0.4, -0.2) is 23.9 Å². The number of carbonyl (C=O) groups excluding carboxylic acids is 4. The van der Waals surface area contributed by atoms with Crippen molar-refractivity contribution in [1.82, 2.24) is 0 Å². The summed E-state index contributed by atoms with van der Waals surface area (Å²) in [5.41, 5.74) is 0. The lowest BCUT2D eigenvalue weighted by Gasteiger charge is -2.01. The zero-order valence-corrected chi connectivity index (χ0v) is 9.99. The van der Waals surface area contributed by atoms with Crippen LogP contribution < -0.4 is 0 Å². The van der Waals surface area contributed by atoms with Crippen molar-refractivity contribution in [1.29, 1.82) is 0 Å². The number of hydrogen-bond acceptors (Lipinski definition) is 6. The van der Waals surface area contributed by atoms with Gasteiger partial charge in [0.2, 0.25) is 0 Å². The second-order valence-corrected chi connectivity index (χ2v) is 3.49. The van der Waals surface area contributed by atoms with E-state index in [1.807, 2.05) is 0 Å². The van der Waals surface area contributed by atoms with Gasteiger partial charge in [0.15, 0.2) is 0 Å². The summed E-state index contributed by atoms with van der Waals surface area (Å²) < 4.78 is 8.63. The molecular formula is C11H16O6. The maximum atomic E-state index is 10.9. The lowest BCUT2D eigenvalue weighted by atomic mass is 10.1. The molecule has 0 radical (unpaired) electrons. The largest absolute Gasteiger partial charge is 0.393 e. The van der Waals surface area contributed by atoms with Gasteiger partial charge in [0.05, 0.1) is 0 Å². The highest BCUT2D eigenvalue weighted by Gasteiger charge is 2.07. The van der Waals surface area contributed by atoms with Crippen molar-refractivity contribution in [2.24, 2.45) is 0 Å².